The van der Waals surface area contributed by atoms with E-state index in [1.807, 2.05) is 48.6 Å². The maximum atomic E-state index is 15.2. The van der Waals surface area contributed by atoms with Crippen molar-refractivity contribution < 1.29 is 65.9 Å². The molecule has 0 heterocycles. The predicted octanol–water partition coefficient (Wildman–Crippen LogP) is 17.2. The van der Waals surface area contributed by atoms with Crippen LogP contribution in [0.3, 0.4) is 0 Å². The van der Waals surface area contributed by atoms with E-state index in [9.17, 15) is 0 Å². The van der Waals surface area contributed by atoms with Gasteiger partial charge in [0, 0.05) is 35.0 Å². The molecular weight excluding hydrogens is 1190 g/mol. The summed E-state index contributed by atoms with van der Waals surface area (Å²) in [5, 5.41) is 1.44. The van der Waals surface area contributed by atoms with Gasteiger partial charge in [-0.25, -0.2) is 0 Å². The van der Waals surface area contributed by atoms with Crippen LogP contribution in [0, 0.1) is 29.6 Å². The number of hydrogen-bond donors (Lipinski definition) is 0. The maximum absolute atomic E-state index is 15.2. The first-order chi connectivity index (χ1) is 42.8. The van der Waals surface area contributed by atoms with Crippen LogP contribution in [0.1, 0.15) is 89.0 Å². The van der Waals surface area contributed by atoms with E-state index in [-0.39, 0.29) is 0 Å². The SMILES string of the molecule is FC(F)(F)c1ccc(C23C4=C5C6C7=C4C4(c8ccc(C(F)(F)F)cc8)c8c9c%10ccc8=C8C=CC(=C2C84)c2ccc4c(c23)C5(c2ccc(C(F)(F)F)cc2)C2=C4C=CC3C4=C(C(C=%10C=C4)C79c4ccc(C(F)(F)F)cc4)C6(c4ccc(C(F)(F)F)cc4)C23)cc1. The van der Waals surface area contributed by atoms with Crippen molar-refractivity contribution in [3.05, 3.63) is 326 Å². The van der Waals surface area contributed by atoms with Crippen LogP contribution < -0.4 is 10.4 Å². The van der Waals surface area contributed by atoms with Gasteiger partial charge in [-0.1, -0.05) is 121 Å². The Bertz CT molecular complexity index is 5200. The van der Waals surface area contributed by atoms with Gasteiger partial charge in [-0.2, -0.15) is 65.9 Å². The van der Waals surface area contributed by atoms with Gasteiger partial charge in [0.05, 0.1) is 49.5 Å². The number of alkyl halides is 15. The van der Waals surface area contributed by atoms with Crippen LogP contribution in [0.15, 0.2) is 227 Å². The fourth-order valence-corrected chi connectivity index (χ4v) is 22.0. The zero-order valence-electron chi connectivity index (χ0n) is 45.9. The summed E-state index contributed by atoms with van der Waals surface area (Å²) in [7, 11) is 0. The normalized spacial score (nSPS) is 31.4. The van der Waals surface area contributed by atoms with Crippen LogP contribution in [0.4, 0.5) is 65.9 Å². The molecule has 0 radical (unpaired) electrons. The van der Waals surface area contributed by atoms with E-state index < -0.39 is 115 Å². The van der Waals surface area contributed by atoms with Crippen LogP contribution in [0.25, 0.3) is 22.3 Å². The minimum atomic E-state index is -4.82. The summed E-state index contributed by atoms with van der Waals surface area (Å²) in [5.41, 5.74) is 2.43. The summed E-state index contributed by atoms with van der Waals surface area (Å²) in [6.45, 7) is 0. The molecule has 10 atom stereocenters. The molecule has 14 aliphatic carbocycles. The maximum Gasteiger partial charge on any atom is 0.416 e. The average Bonchev–Trinajstić information content (AvgIpc) is 1.40. The molecule has 3 saturated carbocycles. The Labute approximate surface area is 499 Å². The average molecular weight is 1220 g/mol. The Hall–Kier alpha value is -8.85. The van der Waals surface area contributed by atoms with Gasteiger partial charge in [0.1, 0.15) is 0 Å². The highest BCUT2D eigenvalue weighted by molar-refractivity contribution is 6.10. The zero-order chi connectivity index (χ0) is 61.4. The molecule has 7 aromatic carbocycles. The molecule has 0 N–H and O–H groups in total. The van der Waals surface area contributed by atoms with Crippen LogP contribution >= 0.6 is 0 Å². The molecule has 0 aliphatic heterocycles. The summed E-state index contributed by atoms with van der Waals surface area (Å²) in [6, 6.07) is 33.4. The second-order valence-corrected chi connectivity index (χ2v) is 26.5. The van der Waals surface area contributed by atoms with Crippen molar-refractivity contribution in [2.24, 2.45) is 29.6 Å². The van der Waals surface area contributed by atoms with E-state index >= 15 is 65.9 Å². The molecule has 14 aliphatic rings. The smallest absolute Gasteiger partial charge is 0.166 e. The van der Waals surface area contributed by atoms with Crippen molar-refractivity contribution >= 4 is 22.3 Å². The van der Waals surface area contributed by atoms with Gasteiger partial charge < -0.3 is 0 Å². The minimum absolute atomic E-state index is 0.403. The lowest BCUT2D eigenvalue weighted by atomic mass is 9.35. The van der Waals surface area contributed by atoms with Crippen molar-refractivity contribution in [3.63, 3.8) is 0 Å². The molecule has 0 spiro atoms. The number of rotatable bonds is 5. The molecule has 440 valence electrons. The lowest BCUT2D eigenvalue weighted by Gasteiger charge is -2.66. The van der Waals surface area contributed by atoms with Gasteiger partial charge in [0.15, 0.2) is 0 Å². The molecule has 7 aromatic rings. The van der Waals surface area contributed by atoms with Gasteiger partial charge >= 0.3 is 30.9 Å². The van der Waals surface area contributed by atoms with E-state index in [0.29, 0.717) is 88.7 Å². The molecule has 21 rings (SSSR count). The third kappa shape index (κ3) is 4.84. The van der Waals surface area contributed by atoms with E-state index in [1.54, 1.807) is 0 Å². The molecule has 10 unspecified atom stereocenters. The van der Waals surface area contributed by atoms with Crippen molar-refractivity contribution in [1.82, 2.24) is 0 Å². The van der Waals surface area contributed by atoms with Gasteiger partial charge in [0.25, 0.3) is 0 Å². The molecule has 90 heavy (non-hydrogen) atoms. The Balaban J connectivity index is 1.06. The van der Waals surface area contributed by atoms with Crippen molar-refractivity contribution in [2.45, 2.75) is 58.0 Å². The molecule has 0 aromatic heterocycles. The van der Waals surface area contributed by atoms with Crippen LogP contribution in [-0.2, 0) is 58.0 Å². The summed E-state index contributed by atoms with van der Waals surface area (Å²) in [5.74, 6) is -4.08. The summed E-state index contributed by atoms with van der Waals surface area (Å²) in [6.07, 6.45) is -11.8. The third-order valence-electron chi connectivity index (χ3n) is 24.0. The van der Waals surface area contributed by atoms with Gasteiger partial charge in [-0.15, -0.1) is 0 Å². The summed E-state index contributed by atoms with van der Waals surface area (Å²) in [4.78, 5) is 0. The number of hydrogen-bond acceptors (Lipinski definition) is 0. The Morgan fingerprint density at radius 1 is 0.289 bits per heavy atom. The zero-order valence-corrected chi connectivity index (χ0v) is 45.9. The topological polar surface area (TPSA) is 0 Å². The van der Waals surface area contributed by atoms with Gasteiger partial charge in [0.2, 0.25) is 0 Å². The van der Waals surface area contributed by atoms with E-state index in [4.69, 9.17) is 0 Å². The van der Waals surface area contributed by atoms with Gasteiger partial charge in [-0.05, 0) is 199 Å². The first-order valence-corrected chi connectivity index (χ1v) is 29.6. The van der Waals surface area contributed by atoms with Crippen molar-refractivity contribution in [2.75, 3.05) is 0 Å². The predicted molar refractivity (Wildman–Crippen MR) is 301 cm³/mol. The first kappa shape index (κ1) is 51.0. The molecule has 3 fully saturated rings. The first-order valence-electron chi connectivity index (χ1n) is 29.6. The molecule has 15 heteroatoms. The quantitative estimate of drug-likeness (QED) is 0.151. The Morgan fingerprint density at radius 2 is 0.689 bits per heavy atom. The lowest BCUT2D eigenvalue weighted by Crippen LogP contribution is -2.63. The largest absolute Gasteiger partial charge is 0.416 e. The number of fused-ring (bicyclic) bond motifs is 3. The second-order valence-electron chi connectivity index (χ2n) is 26.5. The number of halogens is 15. The lowest BCUT2D eigenvalue weighted by molar-refractivity contribution is -0.138. The number of allylic oxidation sites excluding steroid dienone is 16. The highest BCUT2D eigenvalue weighted by Crippen LogP contribution is 2.91. The fourth-order valence-electron chi connectivity index (χ4n) is 22.0. The molecule has 0 amide bonds. The summed E-state index contributed by atoms with van der Waals surface area (Å²) >= 11 is 0. The summed E-state index contributed by atoms with van der Waals surface area (Å²) < 4.78 is 228. The third-order valence-corrected chi connectivity index (χ3v) is 24.0. The van der Waals surface area contributed by atoms with E-state index in [1.165, 1.54) is 60.7 Å². The fraction of sp³-hybridized carbons (Fsp3) is 0.200. The highest BCUT2D eigenvalue weighted by Gasteiger charge is 2.86. The van der Waals surface area contributed by atoms with Crippen LogP contribution in [0.5, 0.6) is 0 Å². The highest BCUT2D eigenvalue weighted by atomic mass is 19.4. The Kier molecular flexibility index (Phi) is 8.20. The van der Waals surface area contributed by atoms with Gasteiger partial charge in [-0.3, -0.25) is 0 Å². The molecule has 0 nitrogen and oxygen atoms in total. The Morgan fingerprint density at radius 3 is 1.19 bits per heavy atom. The minimum Gasteiger partial charge on any atom is -0.166 e. The van der Waals surface area contributed by atoms with E-state index in [0.717, 1.165) is 110 Å². The van der Waals surface area contributed by atoms with Crippen molar-refractivity contribution in [3.8, 4) is 0 Å². The van der Waals surface area contributed by atoms with Crippen LogP contribution in [-0.4, -0.2) is 0 Å². The molecular formula is C75H35F15. The molecule has 0 bridgehead atoms. The van der Waals surface area contributed by atoms with Crippen LogP contribution in [0.2, 0.25) is 0 Å². The standard InChI is InChI=1S/C75H35F15/c76-71(77,78)36-11-1-31(2-12-36)66-51-41-21-23-43-45-25-27-47-49-29-30-50-48-28-26-46-44-24-22-42(41)52(66)54(44)68(33-5-15-38(16-6-33)73(82,83)84)56(46)58(48)70(35-9-19-40(20-10-35)75(88,89)90)60(50)59(49)69(34-7-17-39(18-8-34)74(85,86)87)57(47)55(45)67(53(43)51,62-61(66)63(68)65(70)64(62)69)32-3-13-37(14-4-32)72(79,80)81/h1-30,41,51,54,60-61H. The monoisotopic (exact) mass is 1220 g/mol. The van der Waals surface area contributed by atoms with E-state index in [2.05, 4.69) is 12.2 Å². The number of benzene rings is 7. The second kappa shape index (κ2) is 14.5. The van der Waals surface area contributed by atoms with Crippen molar-refractivity contribution in [1.29, 1.82) is 0 Å². The molecule has 0 saturated heterocycles.